The Balaban J connectivity index is 1.42. The van der Waals surface area contributed by atoms with Crippen LogP contribution in [0.5, 0.6) is 0 Å². The zero-order chi connectivity index (χ0) is 25.5. The van der Waals surface area contributed by atoms with Crippen LogP contribution in [0.3, 0.4) is 0 Å². The molecule has 1 aromatic heterocycles. The molecule has 1 unspecified atom stereocenters. The van der Waals surface area contributed by atoms with Crippen LogP contribution in [0.25, 0.3) is 22.8 Å². The number of hydrogen-bond donors (Lipinski definition) is 3. The summed E-state index contributed by atoms with van der Waals surface area (Å²) in [6.45, 7) is 5.01. The van der Waals surface area contributed by atoms with E-state index in [9.17, 15) is 4.57 Å². The van der Waals surface area contributed by atoms with Crippen LogP contribution in [0.2, 0.25) is 0 Å². The predicted molar refractivity (Wildman–Crippen MR) is 140 cm³/mol. The minimum Gasteiger partial charge on any atom is -0.380 e. The van der Waals surface area contributed by atoms with Crippen LogP contribution in [0.4, 0.5) is 5.69 Å². The topological polar surface area (TPSA) is 121 Å². The van der Waals surface area contributed by atoms with Crippen LogP contribution in [0, 0.1) is 0 Å². The molecule has 1 aliphatic rings. The van der Waals surface area contributed by atoms with Gasteiger partial charge in [-0.2, -0.15) is 4.98 Å². The monoisotopic (exact) mass is 514 g/mol. The van der Waals surface area contributed by atoms with Gasteiger partial charge in [-0.3, -0.25) is 4.57 Å². The fourth-order valence-corrected chi connectivity index (χ4v) is 5.17. The van der Waals surface area contributed by atoms with E-state index in [0.29, 0.717) is 43.9 Å². The van der Waals surface area contributed by atoms with Crippen LogP contribution in [0.1, 0.15) is 43.7 Å². The maximum Gasteiger partial charge on any atom is 0.325 e. The molecular formula is C26H35N4O5P. The second-order valence-electron chi connectivity index (χ2n) is 9.35. The molecule has 0 aliphatic carbocycles. The number of nitrogens with one attached hydrogen (secondary N) is 1. The third kappa shape index (κ3) is 7.02. The maximum atomic E-state index is 10.9. The van der Waals surface area contributed by atoms with Gasteiger partial charge in [0.1, 0.15) is 0 Å². The smallest absolute Gasteiger partial charge is 0.325 e. The van der Waals surface area contributed by atoms with Crippen molar-refractivity contribution in [2.75, 3.05) is 31.3 Å². The average Bonchev–Trinajstić information content (AvgIpc) is 3.35. The highest BCUT2D eigenvalue weighted by atomic mass is 31.2. The lowest BCUT2D eigenvalue weighted by molar-refractivity contribution is 0.185. The minimum absolute atomic E-state index is 0.105. The normalized spacial score (nSPS) is 16.4. The largest absolute Gasteiger partial charge is 0.380 e. The van der Waals surface area contributed by atoms with Crippen molar-refractivity contribution in [1.82, 2.24) is 15.5 Å². The van der Waals surface area contributed by atoms with Gasteiger partial charge < -0.3 is 29.3 Å². The van der Waals surface area contributed by atoms with E-state index >= 15 is 0 Å². The van der Waals surface area contributed by atoms with Crippen LogP contribution < -0.4 is 10.2 Å². The second kappa shape index (κ2) is 12.1. The summed E-state index contributed by atoms with van der Waals surface area (Å²) in [5.41, 5.74) is 5.10. The summed E-state index contributed by atoms with van der Waals surface area (Å²) < 4.78 is 22.0. The third-order valence-corrected chi connectivity index (χ3v) is 7.41. The Kier molecular flexibility index (Phi) is 8.93. The van der Waals surface area contributed by atoms with Gasteiger partial charge in [0.15, 0.2) is 0 Å². The number of nitrogens with zero attached hydrogens (tertiary/aromatic N) is 3. The van der Waals surface area contributed by atoms with Crippen LogP contribution in [-0.4, -0.2) is 52.3 Å². The van der Waals surface area contributed by atoms with E-state index in [4.69, 9.17) is 19.0 Å². The summed E-state index contributed by atoms with van der Waals surface area (Å²) in [7, 11) is -2.22. The molecule has 0 saturated carbocycles. The van der Waals surface area contributed by atoms with Gasteiger partial charge in [0.05, 0.1) is 12.8 Å². The molecule has 4 rings (SSSR count). The summed E-state index contributed by atoms with van der Waals surface area (Å²) in [6, 6.07) is 14.6. The first-order chi connectivity index (χ1) is 17.3. The van der Waals surface area contributed by atoms with Crippen molar-refractivity contribution in [3.63, 3.8) is 0 Å². The summed E-state index contributed by atoms with van der Waals surface area (Å²) in [5.74, 6) is 0.990. The Morgan fingerprint density at radius 3 is 2.67 bits per heavy atom. The maximum absolute atomic E-state index is 10.9. The highest BCUT2D eigenvalue weighted by Crippen LogP contribution is 2.34. The van der Waals surface area contributed by atoms with Crippen molar-refractivity contribution < 1.29 is 23.6 Å². The van der Waals surface area contributed by atoms with Gasteiger partial charge in [0.2, 0.25) is 5.82 Å². The molecule has 0 bridgehead atoms. The van der Waals surface area contributed by atoms with Gasteiger partial charge in [-0.25, -0.2) is 0 Å². The molecule has 36 heavy (non-hydrogen) atoms. The quantitative estimate of drug-likeness (QED) is 0.249. The zero-order valence-corrected chi connectivity index (χ0v) is 21.8. The van der Waals surface area contributed by atoms with Crippen molar-refractivity contribution in [2.24, 2.45) is 0 Å². The number of ether oxygens (including phenoxy) is 1. The lowest BCUT2D eigenvalue weighted by Crippen LogP contribution is -2.38. The first kappa shape index (κ1) is 26.5. The van der Waals surface area contributed by atoms with E-state index in [1.807, 2.05) is 30.3 Å². The molecule has 3 N–H and O–H groups in total. The number of methoxy groups -OCH3 is 1. The lowest BCUT2D eigenvalue weighted by Gasteiger charge is -2.36. The molecule has 2 heterocycles. The third-order valence-electron chi connectivity index (χ3n) is 6.51. The lowest BCUT2D eigenvalue weighted by atomic mass is 10.00. The van der Waals surface area contributed by atoms with E-state index in [2.05, 4.69) is 39.4 Å². The molecule has 1 saturated heterocycles. The van der Waals surface area contributed by atoms with E-state index in [0.717, 1.165) is 28.8 Å². The molecule has 2 aromatic carbocycles. The summed E-state index contributed by atoms with van der Waals surface area (Å²) in [4.78, 5) is 24.9. The fourth-order valence-electron chi connectivity index (χ4n) is 4.60. The van der Waals surface area contributed by atoms with Crippen LogP contribution in [0.15, 0.2) is 47.0 Å². The second-order valence-corrected chi connectivity index (χ2v) is 11.1. The number of hydrogen-bond acceptors (Lipinski definition) is 7. The molecule has 0 spiro atoms. The van der Waals surface area contributed by atoms with Crippen LogP contribution in [-0.2, 0) is 22.5 Å². The van der Waals surface area contributed by atoms with Crippen molar-refractivity contribution in [3.05, 3.63) is 53.6 Å². The Hall–Kier alpha value is -2.55. The number of benzene rings is 2. The van der Waals surface area contributed by atoms with E-state index in [1.54, 1.807) is 7.11 Å². The molecule has 9 nitrogen and oxygen atoms in total. The summed E-state index contributed by atoms with van der Waals surface area (Å²) in [6.07, 6.45) is 4.00. The molecule has 0 radical (unpaired) electrons. The van der Waals surface area contributed by atoms with Crippen molar-refractivity contribution in [1.29, 1.82) is 0 Å². The molecule has 1 atom stereocenters. The Labute approximate surface area is 212 Å². The Bertz CT molecular complexity index is 1180. The minimum atomic E-state index is -3.93. The van der Waals surface area contributed by atoms with Gasteiger partial charge in [-0.1, -0.05) is 29.4 Å². The van der Waals surface area contributed by atoms with Gasteiger partial charge in [0, 0.05) is 48.6 Å². The van der Waals surface area contributed by atoms with Crippen molar-refractivity contribution in [2.45, 2.75) is 51.8 Å². The molecule has 0 amide bonds. The van der Waals surface area contributed by atoms with Gasteiger partial charge in [0.25, 0.3) is 5.89 Å². The van der Waals surface area contributed by atoms with E-state index in [1.165, 1.54) is 24.9 Å². The highest BCUT2D eigenvalue weighted by molar-refractivity contribution is 7.51. The van der Waals surface area contributed by atoms with Crippen molar-refractivity contribution in [3.8, 4) is 22.8 Å². The Morgan fingerprint density at radius 2 is 1.94 bits per heavy atom. The van der Waals surface area contributed by atoms with E-state index < -0.39 is 7.60 Å². The van der Waals surface area contributed by atoms with Crippen LogP contribution >= 0.6 is 7.60 Å². The van der Waals surface area contributed by atoms with Gasteiger partial charge in [-0.05, 0) is 62.9 Å². The van der Waals surface area contributed by atoms with E-state index in [-0.39, 0.29) is 6.16 Å². The molecule has 1 aliphatic heterocycles. The first-order valence-electron chi connectivity index (χ1n) is 12.4. The highest BCUT2D eigenvalue weighted by Gasteiger charge is 2.22. The molecular weight excluding hydrogens is 479 g/mol. The molecule has 10 heteroatoms. The molecule has 3 aromatic rings. The standard InChI is InChI=1S/C26H35N4O5P/c1-19-6-3-4-14-30(19)24-12-11-22(16-23(24)18-34-2)26-28-25(29-35-26)21-9-7-20(8-10-21)17-27-13-5-15-36(31,32)33/h7-12,16,19,27H,3-6,13-15,17-18H2,1-2H3,(H2,31,32,33). The number of aromatic nitrogens is 2. The number of anilines is 1. The summed E-state index contributed by atoms with van der Waals surface area (Å²) in [5, 5.41) is 7.38. The van der Waals surface area contributed by atoms with Gasteiger partial charge in [-0.15, -0.1) is 0 Å². The number of piperidine rings is 1. The predicted octanol–water partition coefficient (Wildman–Crippen LogP) is 4.59. The number of rotatable bonds is 11. The average molecular weight is 515 g/mol. The summed E-state index contributed by atoms with van der Waals surface area (Å²) >= 11 is 0. The zero-order valence-electron chi connectivity index (χ0n) is 20.9. The van der Waals surface area contributed by atoms with Crippen molar-refractivity contribution >= 4 is 13.3 Å². The van der Waals surface area contributed by atoms with Gasteiger partial charge >= 0.3 is 7.60 Å². The first-order valence-corrected chi connectivity index (χ1v) is 14.2. The molecule has 194 valence electrons. The Morgan fingerprint density at radius 1 is 1.17 bits per heavy atom. The SMILES string of the molecule is COCc1cc(-c2nc(-c3ccc(CNCCCP(=O)(O)O)cc3)no2)ccc1N1CCCCC1C. The fraction of sp³-hybridized carbons (Fsp3) is 0.462. The molecule has 1 fully saturated rings.